The largest absolute Gasteiger partial charge is 0.311 e. The maximum absolute atomic E-state index is 4.36. The van der Waals surface area contributed by atoms with Crippen molar-refractivity contribution >= 4 is 0 Å². The van der Waals surface area contributed by atoms with Crippen LogP contribution in [0.5, 0.6) is 0 Å². The highest BCUT2D eigenvalue weighted by Crippen LogP contribution is 2.29. The predicted molar refractivity (Wildman–Crippen MR) is 64.3 cm³/mol. The molecule has 1 saturated heterocycles. The van der Waals surface area contributed by atoms with Gasteiger partial charge in [-0.3, -0.25) is 0 Å². The lowest BCUT2D eigenvalue weighted by atomic mass is 9.92. The first-order chi connectivity index (χ1) is 7.61. The Balaban J connectivity index is 2.31. The first kappa shape index (κ1) is 11.6. The Morgan fingerprint density at radius 1 is 1.38 bits per heavy atom. The van der Waals surface area contributed by atoms with E-state index in [2.05, 4.69) is 40.9 Å². The number of nitrogens with zero attached hydrogens (tertiary/aromatic N) is 3. The van der Waals surface area contributed by atoms with Gasteiger partial charge in [-0.1, -0.05) is 6.92 Å². The molecule has 90 valence electrons. The van der Waals surface area contributed by atoms with Gasteiger partial charge in [0, 0.05) is 6.04 Å². The number of aryl methyl sites for hydroxylation is 1. The van der Waals surface area contributed by atoms with Crippen molar-refractivity contribution < 1.29 is 0 Å². The van der Waals surface area contributed by atoms with Crippen LogP contribution >= 0.6 is 0 Å². The van der Waals surface area contributed by atoms with Crippen LogP contribution in [0.15, 0.2) is 0 Å². The van der Waals surface area contributed by atoms with Crippen LogP contribution in [0, 0.1) is 12.8 Å². The van der Waals surface area contributed by atoms with Crippen LogP contribution in [0.4, 0.5) is 0 Å². The molecule has 16 heavy (non-hydrogen) atoms. The molecule has 0 spiro atoms. The fourth-order valence-electron chi connectivity index (χ4n) is 2.63. The van der Waals surface area contributed by atoms with Gasteiger partial charge >= 0.3 is 0 Å². The second kappa shape index (κ2) is 4.53. The summed E-state index contributed by atoms with van der Waals surface area (Å²) in [4.78, 5) is 0. The molecule has 0 amide bonds. The molecule has 4 nitrogen and oxygen atoms in total. The average Bonchev–Trinajstić information content (AvgIpc) is 2.61. The monoisotopic (exact) mass is 222 g/mol. The lowest BCUT2D eigenvalue weighted by molar-refractivity contribution is 0.284. The Hall–Kier alpha value is -0.900. The molecule has 1 N–H and O–H groups in total. The van der Waals surface area contributed by atoms with E-state index in [-0.39, 0.29) is 0 Å². The molecule has 0 radical (unpaired) electrons. The Morgan fingerprint density at radius 3 is 2.75 bits per heavy atom. The maximum atomic E-state index is 4.36. The number of hydrogen-bond donors (Lipinski definition) is 1. The highest BCUT2D eigenvalue weighted by atomic mass is 15.3. The molecule has 1 aromatic heterocycles. The molecule has 1 aliphatic heterocycles. The first-order valence-electron chi connectivity index (χ1n) is 6.26. The van der Waals surface area contributed by atoms with Gasteiger partial charge in [0.15, 0.2) is 5.82 Å². The summed E-state index contributed by atoms with van der Waals surface area (Å²) in [6.45, 7) is 9.80. The molecule has 2 atom stereocenters. The van der Waals surface area contributed by atoms with E-state index in [1.165, 1.54) is 12.8 Å². The van der Waals surface area contributed by atoms with Crippen LogP contribution in [-0.2, 0) is 0 Å². The van der Waals surface area contributed by atoms with Gasteiger partial charge in [-0.25, -0.2) is 0 Å². The topological polar surface area (TPSA) is 42.7 Å². The van der Waals surface area contributed by atoms with Crippen LogP contribution in [0.1, 0.15) is 57.3 Å². The van der Waals surface area contributed by atoms with Crippen LogP contribution < -0.4 is 5.32 Å². The molecular weight excluding hydrogens is 200 g/mol. The van der Waals surface area contributed by atoms with Gasteiger partial charge in [-0.2, -0.15) is 0 Å². The predicted octanol–water partition coefficient (Wildman–Crippen LogP) is 2.23. The zero-order chi connectivity index (χ0) is 11.7. The van der Waals surface area contributed by atoms with Gasteiger partial charge in [0.1, 0.15) is 5.82 Å². The molecule has 2 rings (SSSR count). The van der Waals surface area contributed by atoms with Gasteiger partial charge in [-0.05, 0) is 46.1 Å². The van der Waals surface area contributed by atoms with Gasteiger partial charge in [-0.15, -0.1) is 10.2 Å². The molecule has 1 aliphatic rings. The number of nitrogens with one attached hydrogen (secondary N) is 1. The second-order valence-corrected chi connectivity index (χ2v) is 5.12. The van der Waals surface area contributed by atoms with Crippen molar-refractivity contribution in [2.75, 3.05) is 6.54 Å². The number of rotatable bonds is 2. The molecule has 0 saturated carbocycles. The molecule has 2 heterocycles. The van der Waals surface area contributed by atoms with Crippen LogP contribution in [0.25, 0.3) is 0 Å². The summed E-state index contributed by atoms with van der Waals surface area (Å²) >= 11 is 0. The fourth-order valence-corrected chi connectivity index (χ4v) is 2.63. The molecule has 1 fully saturated rings. The Kier molecular flexibility index (Phi) is 3.28. The van der Waals surface area contributed by atoms with E-state index in [0.717, 1.165) is 18.2 Å². The van der Waals surface area contributed by atoms with Gasteiger partial charge in [0.25, 0.3) is 0 Å². The van der Waals surface area contributed by atoms with E-state index in [9.17, 15) is 0 Å². The van der Waals surface area contributed by atoms with Crippen LogP contribution in [0.2, 0.25) is 0 Å². The summed E-state index contributed by atoms with van der Waals surface area (Å²) in [5.41, 5.74) is 0. The van der Waals surface area contributed by atoms with Crippen molar-refractivity contribution in [3.8, 4) is 0 Å². The standard InChI is InChI=1S/C12H22N4/c1-8(2)16-10(4)14-15-12(16)11-9(3)6-5-7-13-11/h8-9,11,13H,5-7H2,1-4H3. The summed E-state index contributed by atoms with van der Waals surface area (Å²) in [6.07, 6.45) is 2.55. The summed E-state index contributed by atoms with van der Waals surface area (Å²) in [7, 11) is 0. The number of piperidine rings is 1. The Morgan fingerprint density at radius 2 is 2.12 bits per heavy atom. The van der Waals surface area contributed by atoms with Crippen LogP contribution in [-0.4, -0.2) is 21.3 Å². The highest BCUT2D eigenvalue weighted by molar-refractivity contribution is 5.04. The first-order valence-corrected chi connectivity index (χ1v) is 6.26. The lowest BCUT2D eigenvalue weighted by Gasteiger charge is -2.30. The van der Waals surface area contributed by atoms with Crippen molar-refractivity contribution in [2.45, 2.75) is 52.6 Å². The highest BCUT2D eigenvalue weighted by Gasteiger charge is 2.28. The second-order valence-electron chi connectivity index (χ2n) is 5.12. The van der Waals surface area contributed by atoms with Crippen molar-refractivity contribution in [1.29, 1.82) is 0 Å². The third-order valence-corrected chi connectivity index (χ3v) is 3.46. The maximum Gasteiger partial charge on any atom is 0.150 e. The molecular formula is C12H22N4. The minimum atomic E-state index is 0.373. The minimum Gasteiger partial charge on any atom is -0.311 e. The Labute approximate surface area is 97.5 Å². The zero-order valence-electron chi connectivity index (χ0n) is 10.7. The van der Waals surface area contributed by atoms with E-state index in [4.69, 9.17) is 0 Å². The van der Waals surface area contributed by atoms with E-state index in [1.54, 1.807) is 0 Å². The SMILES string of the molecule is Cc1nnc(C2NCCCC2C)n1C(C)C. The summed E-state index contributed by atoms with van der Waals surface area (Å²) in [5, 5.41) is 12.2. The molecule has 0 bridgehead atoms. The van der Waals surface area contributed by atoms with E-state index in [1.807, 2.05) is 6.92 Å². The third-order valence-electron chi connectivity index (χ3n) is 3.46. The van der Waals surface area contributed by atoms with E-state index in [0.29, 0.717) is 18.0 Å². The van der Waals surface area contributed by atoms with E-state index < -0.39 is 0 Å². The van der Waals surface area contributed by atoms with Crippen LogP contribution in [0.3, 0.4) is 0 Å². The van der Waals surface area contributed by atoms with Crippen molar-refractivity contribution in [3.05, 3.63) is 11.6 Å². The lowest BCUT2D eigenvalue weighted by Crippen LogP contribution is -2.35. The molecule has 1 aromatic rings. The fraction of sp³-hybridized carbons (Fsp3) is 0.833. The van der Waals surface area contributed by atoms with E-state index >= 15 is 0 Å². The van der Waals surface area contributed by atoms with Gasteiger partial charge in [0.05, 0.1) is 6.04 Å². The van der Waals surface area contributed by atoms with Crippen molar-refractivity contribution in [3.63, 3.8) is 0 Å². The molecule has 4 heteroatoms. The Bertz CT molecular complexity index is 356. The van der Waals surface area contributed by atoms with Crippen molar-refractivity contribution in [1.82, 2.24) is 20.1 Å². The molecule has 0 aromatic carbocycles. The quantitative estimate of drug-likeness (QED) is 0.834. The van der Waals surface area contributed by atoms with Crippen molar-refractivity contribution in [2.24, 2.45) is 5.92 Å². The zero-order valence-corrected chi connectivity index (χ0v) is 10.7. The summed E-state index contributed by atoms with van der Waals surface area (Å²) in [5.74, 6) is 2.78. The van der Waals surface area contributed by atoms with Gasteiger partial charge < -0.3 is 9.88 Å². The summed E-state index contributed by atoms with van der Waals surface area (Å²) < 4.78 is 2.25. The number of aromatic nitrogens is 3. The summed E-state index contributed by atoms with van der Waals surface area (Å²) in [6, 6.07) is 0.804. The molecule has 2 unspecified atom stereocenters. The third kappa shape index (κ3) is 1.98. The average molecular weight is 222 g/mol. The smallest absolute Gasteiger partial charge is 0.150 e. The van der Waals surface area contributed by atoms with Gasteiger partial charge in [0.2, 0.25) is 0 Å². The minimum absolute atomic E-state index is 0.373. The molecule has 0 aliphatic carbocycles. The normalized spacial score (nSPS) is 26.3. The number of hydrogen-bond acceptors (Lipinski definition) is 3.